The van der Waals surface area contributed by atoms with Crippen LogP contribution in [0.3, 0.4) is 0 Å². The third-order valence-corrected chi connectivity index (χ3v) is 4.91. The van der Waals surface area contributed by atoms with E-state index in [9.17, 15) is 4.79 Å². The molecule has 1 atom stereocenters. The van der Waals surface area contributed by atoms with Gasteiger partial charge in [0.1, 0.15) is 16.5 Å². The highest BCUT2D eigenvalue weighted by molar-refractivity contribution is 7.13. The van der Waals surface area contributed by atoms with Gasteiger partial charge in [0.15, 0.2) is 0 Å². The van der Waals surface area contributed by atoms with Crippen LogP contribution < -0.4 is 4.74 Å². The molecule has 1 unspecified atom stereocenters. The van der Waals surface area contributed by atoms with Gasteiger partial charge in [-0.25, -0.2) is 4.98 Å². The molecule has 2 aromatic rings. The number of nitrogens with zero attached hydrogens (tertiary/aromatic N) is 2. The first-order valence-electron chi connectivity index (χ1n) is 8.31. The maximum Gasteiger partial charge on any atom is 0.273 e. The Balaban J connectivity index is 1.71. The van der Waals surface area contributed by atoms with Gasteiger partial charge < -0.3 is 14.4 Å². The summed E-state index contributed by atoms with van der Waals surface area (Å²) in [4.78, 5) is 19.0. The van der Waals surface area contributed by atoms with Crippen LogP contribution in [0.25, 0.3) is 10.6 Å². The molecule has 6 heteroatoms. The van der Waals surface area contributed by atoms with Gasteiger partial charge in [0.25, 0.3) is 5.91 Å². The van der Waals surface area contributed by atoms with Gasteiger partial charge in [-0.1, -0.05) is 6.92 Å². The smallest absolute Gasteiger partial charge is 0.273 e. The molecule has 0 saturated carbocycles. The lowest BCUT2D eigenvalue weighted by atomic mass is 10.2. The summed E-state index contributed by atoms with van der Waals surface area (Å²) < 4.78 is 11.1. The molecule has 0 radical (unpaired) electrons. The van der Waals surface area contributed by atoms with Crippen molar-refractivity contribution in [1.82, 2.24) is 9.88 Å². The summed E-state index contributed by atoms with van der Waals surface area (Å²) in [7, 11) is 0. The molecule has 3 rings (SSSR count). The first-order chi connectivity index (χ1) is 11.7. The molecule has 5 nitrogen and oxygen atoms in total. The fourth-order valence-corrected chi connectivity index (χ4v) is 3.48. The van der Waals surface area contributed by atoms with Crippen molar-refractivity contribution >= 4 is 17.2 Å². The molecular weight excluding hydrogens is 324 g/mol. The number of hydrogen-bond acceptors (Lipinski definition) is 5. The average Bonchev–Trinajstić information content (AvgIpc) is 3.12. The third kappa shape index (κ3) is 3.76. The number of carbonyl (C=O) groups is 1. The van der Waals surface area contributed by atoms with Crippen molar-refractivity contribution in [2.75, 3.05) is 26.3 Å². The van der Waals surface area contributed by atoms with E-state index in [1.165, 1.54) is 11.3 Å². The van der Waals surface area contributed by atoms with Gasteiger partial charge >= 0.3 is 0 Å². The predicted octanol–water partition coefficient (Wildman–Crippen LogP) is 3.46. The molecule has 1 amide bonds. The average molecular weight is 346 g/mol. The minimum atomic E-state index is -0.00909. The Morgan fingerprint density at radius 2 is 2.17 bits per heavy atom. The highest BCUT2D eigenvalue weighted by atomic mass is 32.1. The van der Waals surface area contributed by atoms with Crippen molar-refractivity contribution in [2.24, 2.45) is 0 Å². The maximum atomic E-state index is 12.6. The fourth-order valence-electron chi connectivity index (χ4n) is 2.68. The summed E-state index contributed by atoms with van der Waals surface area (Å²) >= 11 is 1.49. The summed E-state index contributed by atoms with van der Waals surface area (Å²) in [5, 5.41) is 2.69. The van der Waals surface area contributed by atoms with Crippen molar-refractivity contribution < 1.29 is 14.3 Å². The quantitative estimate of drug-likeness (QED) is 0.832. The second kappa shape index (κ2) is 7.77. The molecular formula is C18H22N2O3S. The summed E-state index contributed by atoms with van der Waals surface area (Å²) in [6.07, 6.45) is 1.05. The van der Waals surface area contributed by atoms with Crippen LogP contribution in [0.1, 0.15) is 30.8 Å². The number of benzene rings is 1. The van der Waals surface area contributed by atoms with Crippen LogP contribution in [0.2, 0.25) is 0 Å². The SMILES string of the molecule is CCOc1ccc(-c2nc(C(=O)N3CCOC(CC)C3)cs2)cc1. The van der Waals surface area contributed by atoms with Crippen molar-refractivity contribution in [3.05, 3.63) is 35.3 Å². The molecule has 1 saturated heterocycles. The van der Waals surface area contributed by atoms with Gasteiger partial charge in [0.05, 0.1) is 19.3 Å². The van der Waals surface area contributed by atoms with Crippen LogP contribution in [0.15, 0.2) is 29.6 Å². The topological polar surface area (TPSA) is 51.7 Å². The molecule has 0 N–H and O–H groups in total. The van der Waals surface area contributed by atoms with Crippen LogP contribution in [-0.2, 0) is 4.74 Å². The largest absolute Gasteiger partial charge is 0.494 e. The number of rotatable bonds is 5. The monoisotopic (exact) mass is 346 g/mol. The second-order valence-electron chi connectivity index (χ2n) is 5.65. The van der Waals surface area contributed by atoms with Crippen LogP contribution in [0, 0.1) is 0 Å². The van der Waals surface area contributed by atoms with E-state index >= 15 is 0 Å². The zero-order chi connectivity index (χ0) is 16.9. The second-order valence-corrected chi connectivity index (χ2v) is 6.51. The zero-order valence-corrected chi connectivity index (χ0v) is 14.8. The highest BCUT2D eigenvalue weighted by Crippen LogP contribution is 2.26. The molecule has 1 aromatic carbocycles. The van der Waals surface area contributed by atoms with E-state index in [-0.39, 0.29) is 12.0 Å². The van der Waals surface area contributed by atoms with E-state index in [0.29, 0.717) is 32.0 Å². The number of thiazole rings is 1. The van der Waals surface area contributed by atoms with Gasteiger partial charge in [-0.3, -0.25) is 4.79 Å². The molecule has 1 fully saturated rings. The summed E-state index contributed by atoms with van der Waals surface area (Å²) in [6.45, 7) is 6.55. The lowest BCUT2D eigenvalue weighted by Gasteiger charge is -2.32. The zero-order valence-electron chi connectivity index (χ0n) is 14.0. The fraction of sp³-hybridized carbons (Fsp3) is 0.444. The Kier molecular flexibility index (Phi) is 5.48. The molecule has 2 heterocycles. The number of amides is 1. The number of hydrogen-bond donors (Lipinski definition) is 0. The summed E-state index contributed by atoms with van der Waals surface area (Å²) in [6, 6.07) is 7.80. The van der Waals surface area contributed by atoms with E-state index in [1.54, 1.807) is 0 Å². The first-order valence-corrected chi connectivity index (χ1v) is 9.18. The summed E-state index contributed by atoms with van der Waals surface area (Å²) in [5.74, 6) is 0.832. The molecule has 0 bridgehead atoms. The molecule has 0 spiro atoms. The maximum absolute atomic E-state index is 12.6. The van der Waals surface area contributed by atoms with Gasteiger partial charge in [-0.2, -0.15) is 0 Å². The number of carbonyl (C=O) groups excluding carboxylic acids is 1. The Morgan fingerprint density at radius 1 is 1.38 bits per heavy atom. The number of morpholine rings is 1. The Labute approximate surface area is 146 Å². The van der Waals surface area contributed by atoms with E-state index in [0.717, 1.165) is 22.7 Å². The number of ether oxygens (including phenoxy) is 2. The normalized spacial score (nSPS) is 17.8. The van der Waals surface area contributed by atoms with Crippen molar-refractivity contribution in [3.63, 3.8) is 0 Å². The van der Waals surface area contributed by atoms with E-state index in [1.807, 2.05) is 41.5 Å². The third-order valence-electron chi connectivity index (χ3n) is 4.02. The predicted molar refractivity (Wildman–Crippen MR) is 94.7 cm³/mol. The van der Waals surface area contributed by atoms with Crippen LogP contribution in [0.5, 0.6) is 5.75 Å². The van der Waals surface area contributed by atoms with E-state index in [2.05, 4.69) is 11.9 Å². The van der Waals surface area contributed by atoms with Crippen LogP contribution >= 0.6 is 11.3 Å². The minimum absolute atomic E-state index is 0.00909. The van der Waals surface area contributed by atoms with E-state index < -0.39 is 0 Å². The molecule has 128 valence electrons. The van der Waals surface area contributed by atoms with E-state index in [4.69, 9.17) is 9.47 Å². The lowest BCUT2D eigenvalue weighted by Crippen LogP contribution is -2.45. The Hall–Kier alpha value is -1.92. The Morgan fingerprint density at radius 3 is 2.88 bits per heavy atom. The minimum Gasteiger partial charge on any atom is -0.494 e. The van der Waals surface area contributed by atoms with Crippen LogP contribution in [-0.4, -0.2) is 48.2 Å². The van der Waals surface area contributed by atoms with Crippen molar-refractivity contribution in [1.29, 1.82) is 0 Å². The highest BCUT2D eigenvalue weighted by Gasteiger charge is 2.25. The van der Waals surface area contributed by atoms with Gasteiger partial charge in [-0.05, 0) is 37.6 Å². The molecule has 1 aliphatic rings. The number of aromatic nitrogens is 1. The van der Waals surface area contributed by atoms with Gasteiger partial charge in [0, 0.05) is 24.0 Å². The first kappa shape index (κ1) is 16.9. The molecule has 0 aliphatic carbocycles. The summed E-state index contributed by atoms with van der Waals surface area (Å²) in [5.41, 5.74) is 1.51. The van der Waals surface area contributed by atoms with Crippen molar-refractivity contribution in [3.8, 4) is 16.3 Å². The molecule has 1 aliphatic heterocycles. The van der Waals surface area contributed by atoms with Crippen LogP contribution in [0.4, 0.5) is 0 Å². The standard InChI is InChI=1S/C18H22N2O3S/c1-3-14-11-20(9-10-23-14)18(21)16-12-24-17(19-16)13-5-7-15(8-6-13)22-4-2/h5-8,12,14H,3-4,9-11H2,1-2H3. The lowest BCUT2D eigenvalue weighted by molar-refractivity contribution is -0.0227. The van der Waals surface area contributed by atoms with Gasteiger partial charge in [0.2, 0.25) is 0 Å². The van der Waals surface area contributed by atoms with Crippen molar-refractivity contribution in [2.45, 2.75) is 26.4 Å². The molecule has 24 heavy (non-hydrogen) atoms. The van der Waals surface area contributed by atoms with Gasteiger partial charge in [-0.15, -0.1) is 11.3 Å². The Bertz CT molecular complexity index is 684. The molecule has 1 aromatic heterocycles.